The zero-order valence-corrected chi connectivity index (χ0v) is 15.1. The maximum Gasteiger partial charge on any atom is 0.306 e. The van der Waals surface area contributed by atoms with Crippen molar-refractivity contribution >= 4 is 29.4 Å². The van der Waals surface area contributed by atoms with Gasteiger partial charge in [0.05, 0.1) is 29.9 Å². The van der Waals surface area contributed by atoms with E-state index in [0.717, 1.165) is 5.76 Å². The number of hydrogen-bond acceptors (Lipinski definition) is 6. The van der Waals surface area contributed by atoms with Gasteiger partial charge >= 0.3 is 11.9 Å². The first-order chi connectivity index (χ1) is 13.3. The topological polar surface area (TPSA) is 146 Å². The zero-order valence-electron chi connectivity index (χ0n) is 15.1. The molecule has 148 valence electrons. The maximum absolute atomic E-state index is 11.7. The first-order valence-corrected chi connectivity index (χ1v) is 8.49. The average Bonchev–Trinajstić information content (AvgIpc) is 3.27. The first kappa shape index (κ1) is 20.7. The molecular weight excluding hydrogens is 368 g/mol. The van der Waals surface area contributed by atoms with Gasteiger partial charge in [0.15, 0.2) is 0 Å². The van der Waals surface area contributed by atoms with E-state index in [0.29, 0.717) is 23.4 Å². The van der Waals surface area contributed by atoms with Crippen LogP contribution in [0.25, 0.3) is 0 Å². The minimum Gasteiger partial charge on any atom is -0.481 e. The van der Waals surface area contributed by atoms with Crippen LogP contribution in [0.1, 0.15) is 46.2 Å². The van der Waals surface area contributed by atoms with E-state index in [9.17, 15) is 19.2 Å². The fourth-order valence-electron chi connectivity index (χ4n) is 2.43. The Labute approximate surface area is 160 Å². The second kappa shape index (κ2) is 9.36. The molecule has 0 aliphatic carbocycles. The Morgan fingerprint density at radius 2 is 1.89 bits per heavy atom. The fraction of sp³-hybridized carbons (Fsp3) is 0.263. The summed E-state index contributed by atoms with van der Waals surface area (Å²) in [7, 11) is 0. The number of carbonyl (C=O) groups excluding carboxylic acids is 2. The Morgan fingerprint density at radius 1 is 1.14 bits per heavy atom. The van der Waals surface area contributed by atoms with E-state index in [1.54, 1.807) is 30.5 Å². The third-order valence-corrected chi connectivity index (χ3v) is 4.01. The van der Waals surface area contributed by atoms with Gasteiger partial charge in [-0.1, -0.05) is 13.0 Å². The fourth-order valence-corrected chi connectivity index (χ4v) is 2.43. The van der Waals surface area contributed by atoms with Crippen LogP contribution in [0.15, 0.2) is 41.0 Å². The van der Waals surface area contributed by atoms with Gasteiger partial charge in [0.2, 0.25) is 0 Å². The molecule has 28 heavy (non-hydrogen) atoms. The van der Waals surface area contributed by atoms with Crippen molar-refractivity contribution in [3.8, 4) is 0 Å². The molecular formula is C19H20N2O7. The van der Waals surface area contributed by atoms with Crippen molar-refractivity contribution in [2.75, 3.05) is 5.32 Å². The molecule has 2 amide bonds. The zero-order chi connectivity index (χ0) is 20.7. The number of carboxylic acids is 2. The number of carbonyl (C=O) groups is 4. The van der Waals surface area contributed by atoms with E-state index in [1.807, 2.05) is 6.07 Å². The normalized spacial score (nSPS) is 13.0. The number of aliphatic carboxylic acids is 2. The predicted octanol–water partition coefficient (Wildman–Crippen LogP) is 2.35. The Hall–Kier alpha value is -3.62. The van der Waals surface area contributed by atoms with Crippen LogP contribution in [0.2, 0.25) is 0 Å². The summed E-state index contributed by atoms with van der Waals surface area (Å²) in [4.78, 5) is 43.2. The lowest BCUT2D eigenvalue weighted by molar-refractivity contribution is -0.142. The molecule has 0 saturated carbocycles. The minimum atomic E-state index is -0.951. The van der Waals surface area contributed by atoms with Crippen molar-refractivity contribution in [3.63, 3.8) is 0 Å². The Kier molecular flexibility index (Phi) is 6.91. The number of carboxylic acid groups (broad SMARTS) is 2. The van der Waals surface area contributed by atoms with Crippen molar-refractivity contribution in [1.82, 2.24) is 5.32 Å². The smallest absolute Gasteiger partial charge is 0.306 e. The second-order valence-electron chi connectivity index (χ2n) is 6.12. The molecule has 0 radical (unpaired) electrons. The van der Waals surface area contributed by atoms with Crippen LogP contribution in [-0.4, -0.2) is 34.0 Å². The van der Waals surface area contributed by atoms with Crippen molar-refractivity contribution in [3.05, 3.63) is 53.5 Å². The molecule has 0 fully saturated rings. The summed E-state index contributed by atoms with van der Waals surface area (Å²) in [5.41, 5.74) is 1.44. The van der Waals surface area contributed by atoms with Gasteiger partial charge in [0, 0.05) is 12.1 Å². The SMILES string of the molecule is CC(CCC(=O)O)C(=O)O.O=C1NC(=O)c2c(NCc3ccco3)cccc21. The summed E-state index contributed by atoms with van der Waals surface area (Å²) in [5.74, 6) is -2.41. The summed E-state index contributed by atoms with van der Waals surface area (Å²) in [5, 5.41) is 21.8. The molecule has 0 bridgehead atoms. The Balaban J connectivity index is 0.000000242. The number of furan rings is 1. The molecule has 0 saturated heterocycles. The number of anilines is 1. The monoisotopic (exact) mass is 388 g/mol. The number of imide groups is 1. The lowest BCUT2D eigenvalue weighted by atomic mass is 10.1. The molecule has 2 heterocycles. The van der Waals surface area contributed by atoms with Crippen LogP contribution in [0, 0.1) is 5.92 Å². The van der Waals surface area contributed by atoms with Crippen molar-refractivity contribution in [1.29, 1.82) is 0 Å². The van der Waals surface area contributed by atoms with E-state index in [-0.39, 0.29) is 24.7 Å². The summed E-state index contributed by atoms with van der Waals surface area (Å²) < 4.78 is 5.19. The van der Waals surface area contributed by atoms with Crippen LogP contribution in [0.5, 0.6) is 0 Å². The second-order valence-corrected chi connectivity index (χ2v) is 6.12. The highest BCUT2D eigenvalue weighted by atomic mass is 16.4. The molecule has 2 aromatic rings. The standard InChI is InChI=1S/C13H10N2O3.C6H10O4/c16-12-9-4-1-5-10(11(9)13(17)15-12)14-7-8-3-2-6-18-8;1-4(6(9)10)2-3-5(7)8/h1-6,14H,7H2,(H,15,16,17);4H,2-3H2,1H3,(H,7,8)(H,9,10). The molecule has 9 heteroatoms. The molecule has 0 spiro atoms. The van der Waals surface area contributed by atoms with Gasteiger partial charge in [-0.15, -0.1) is 0 Å². The molecule has 3 rings (SSSR count). The lowest BCUT2D eigenvalue weighted by Crippen LogP contribution is -2.20. The van der Waals surface area contributed by atoms with Crippen LogP contribution in [0.4, 0.5) is 5.69 Å². The number of fused-ring (bicyclic) bond motifs is 1. The van der Waals surface area contributed by atoms with Gasteiger partial charge in [-0.3, -0.25) is 24.5 Å². The largest absolute Gasteiger partial charge is 0.481 e. The van der Waals surface area contributed by atoms with Gasteiger partial charge in [-0.05, 0) is 30.7 Å². The van der Waals surface area contributed by atoms with Crippen LogP contribution < -0.4 is 10.6 Å². The number of rotatable bonds is 7. The lowest BCUT2D eigenvalue weighted by Gasteiger charge is -2.07. The summed E-state index contributed by atoms with van der Waals surface area (Å²) in [6.07, 6.45) is 1.71. The van der Waals surface area contributed by atoms with E-state index in [1.165, 1.54) is 6.92 Å². The number of amides is 2. The van der Waals surface area contributed by atoms with Gasteiger partial charge in [0.1, 0.15) is 5.76 Å². The minimum absolute atomic E-state index is 0.0759. The van der Waals surface area contributed by atoms with Gasteiger partial charge in [0.25, 0.3) is 11.8 Å². The molecule has 1 aliphatic heterocycles. The van der Waals surface area contributed by atoms with Gasteiger partial charge in [-0.2, -0.15) is 0 Å². The summed E-state index contributed by atoms with van der Waals surface area (Å²) >= 11 is 0. The van der Waals surface area contributed by atoms with E-state index in [2.05, 4.69) is 10.6 Å². The summed E-state index contributed by atoms with van der Waals surface area (Å²) in [6.45, 7) is 1.95. The molecule has 1 unspecified atom stereocenters. The molecule has 9 nitrogen and oxygen atoms in total. The Morgan fingerprint density at radius 3 is 2.50 bits per heavy atom. The average molecular weight is 388 g/mol. The van der Waals surface area contributed by atoms with Crippen molar-refractivity contribution in [2.45, 2.75) is 26.3 Å². The molecule has 1 aromatic carbocycles. The van der Waals surface area contributed by atoms with Gasteiger partial charge < -0.3 is 19.9 Å². The van der Waals surface area contributed by atoms with Crippen molar-refractivity contribution in [2.24, 2.45) is 5.92 Å². The number of nitrogens with one attached hydrogen (secondary N) is 2. The maximum atomic E-state index is 11.7. The van der Waals surface area contributed by atoms with E-state index >= 15 is 0 Å². The van der Waals surface area contributed by atoms with Crippen molar-refractivity contribution < 1.29 is 33.8 Å². The molecule has 1 atom stereocenters. The third-order valence-electron chi connectivity index (χ3n) is 4.01. The highest BCUT2D eigenvalue weighted by Gasteiger charge is 2.29. The number of benzene rings is 1. The van der Waals surface area contributed by atoms with E-state index in [4.69, 9.17) is 14.6 Å². The summed E-state index contributed by atoms with van der Waals surface area (Å²) in [6, 6.07) is 8.76. The molecule has 1 aromatic heterocycles. The first-order valence-electron chi connectivity index (χ1n) is 8.49. The van der Waals surface area contributed by atoms with Crippen LogP contribution in [0.3, 0.4) is 0 Å². The molecule has 4 N–H and O–H groups in total. The van der Waals surface area contributed by atoms with Crippen LogP contribution >= 0.6 is 0 Å². The number of hydrogen-bond donors (Lipinski definition) is 4. The Bertz CT molecular complexity index is 874. The van der Waals surface area contributed by atoms with E-state index < -0.39 is 17.9 Å². The van der Waals surface area contributed by atoms with Gasteiger partial charge in [-0.25, -0.2) is 0 Å². The highest BCUT2D eigenvalue weighted by Crippen LogP contribution is 2.24. The quantitative estimate of drug-likeness (QED) is 0.529. The molecule has 1 aliphatic rings. The third kappa shape index (κ3) is 5.44. The highest BCUT2D eigenvalue weighted by molar-refractivity contribution is 6.23. The predicted molar refractivity (Wildman–Crippen MR) is 97.9 cm³/mol. The van der Waals surface area contributed by atoms with Crippen LogP contribution in [-0.2, 0) is 16.1 Å².